The summed E-state index contributed by atoms with van der Waals surface area (Å²) in [6, 6.07) is 14.4. The van der Waals surface area contributed by atoms with Crippen molar-refractivity contribution in [2.45, 2.75) is 53.0 Å². The lowest BCUT2D eigenvalue weighted by Crippen LogP contribution is -2.36. The van der Waals surface area contributed by atoms with Gasteiger partial charge in [-0.3, -0.25) is 9.69 Å². The van der Waals surface area contributed by atoms with Gasteiger partial charge in [-0.2, -0.15) is 9.61 Å². The first-order chi connectivity index (χ1) is 16.5. The molecule has 0 atom stereocenters. The van der Waals surface area contributed by atoms with Crippen LogP contribution in [0, 0.1) is 26.7 Å². The third-order valence-electron chi connectivity index (χ3n) is 6.98. The van der Waals surface area contributed by atoms with E-state index in [2.05, 4.69) is 50.5 Å². The Morgan fingerprint density at radius 3 is 2.50 bits per heavy atom. The van der Waals surface area contributed by atoms with Crippen molar-refractivity contribution in [2.24, 2.45) is 5.92 Å². The quantitative estimate of drug-likeness (QED) is 0.421. The maximum absolute atomic E-state index is 13.0. The highest BCUT2D eigenvalue weighted by Crippen LogP contribution is 2.24. The first kappa shape index (κ1) is 22.4. The molecule has 34 heavy (non-hydrogen) atoms. The number of carbonyl (C=O) groups is 1. The van der Waals surface area contributed by atoms with Gasteiger partial charge in [0.15, 0.2) is 17.3 Å². The van der Waals surface area contributed by atoms with Crippen LogP contribution in [0.4, 0.5) is 0 Å². The molecule has 1 fully saturated rings. The molecule has 0 N–H and O–H groups in total. The molecule has 0 spiro atoms. The maximum atomic E-state index is 13.0. The van der Waals surface area contributed by atoms with Crippen molar-refractivity contribution in [1.29, 1.82) is 0 Å². The molecule has 0 unspecified atom stereocenters. The van der Waals surface area contributed by atoms with E-state index >= 15 is 0 Å². The molecule has 8 nitrogen and oxygen atoms in total. The minimum Gasteiger partial charge on any atom is -0.299 e. The van der Waals surface area contributed by atoms with Gasteiger partial charge < -0.3 is 0 Å². The van der Waals surface area contributed by atoms with E-state index in [1.807, 2.05) is 37.6 Å². The van der Waals surface area contributed by atoms with Crippen LogP contribution in [0.25, 0.3) is 11.5 Å². The Hall–Kier alpha value is -3.39. The number of likely N-dealkylation sites (tertiary alicyclic amines) is 1. The van der Waals surface area contributed by atoms with E-state index < -0.39 is 0 Å². The second-order valence-corrected chi connectivity index (χ2v) is 9.27. The molecule has 0 amide bonds. The number of aryl methyl sites for hydroxylation is 2. The van der Waals surface area contributed by atoms with Gasteiger partial charge in [0.25, 0.3) is 0 Å². The van der Waals surface area contributed by atoms with Gasteiger partial charge in [-0.25, -0.2) is 4.68 Å². The molecular weight excluding hydrogens is 426 g/mol. The summed E-state index contributed by atoms with van der Waals surface area (Å²) in [5.41, 5.74) is 5.16. The predicted octanol–water partition coefficient (Wildman–Crippen LogP) is 3.65. The topological polar surface area (TPSA) is 81.2 Å². The Morgan fingerprint density at radius 2 is 1.74 bits per heavy atom. The maximum Gasteiger partial charge on any atom is 0.178 e. The minimum atomic E-state index is 0.170. The van der Waals surface area contributed by atoms with E-state index in [-0.39, 0.29) is 5.92 Å². The van der Waals surface area contributed by atoms with Crippen LogP contribution >= 0.6 is 0 Å². The fourth-order valence-electron chi connectivity index (χ4n) is 4.97. The van der Waals surface area contributed by atoms with Crippen molar-refractivity contribution in [1.82, 2.24) is 34.5 Å². The van der Waals surface area contributed by atoms with Crippen LogP contribution in [0.1, 0.15) is 47.6 Å². The van der Waals surface area contributed by atoms with Crippen molar-refractivity contribution >= 4 is 11.4 Å². The number of Topliss-reactive ketones (excluding diaryl/α,β-unsaturated/α-hetero) is 1. The summed E-state index contributed by atoms with van der Waals surface area (Å²) in [4.78, 5) is 15.5. The zero-order chi connectivity index (χ0) is 23.7. The number of hydrogen-bond acceptors (Lipinski definition) is 6. The van der Waals surface area contributed by atoms with Gasteiger partial charge in [-0.1, -0.05) is 30.3 Å². The number of piperidine rings is 1. The molecule has 1 aliphatic rings. The smallest absolute Gasteiger partial charge is 0.178 e. The Bertz CT molecular complexity index is 1300. The minimum absolute atomic E-state index is 0.170. The van der Waals surface area contributed by atoms with Crippen LogP contribution in [0.2, 0.25) is 0 Å². The van der Waals surface area contributed by atoms with E-state index in [4.69, 9.17) is 5.10 Å². The molecule has 0 aliphatic carbocycles. The number of rotatable bonds is 7. The zero-order valence-corrected chi connectivity index (χ0v) is 20.1. The lowest BCUT2D eigenvalue weighted by molar-refractivity contribution is -0.124. The SMILES string of the molecule is Cc1nn(-c2ccc3nnc(C)n3n2)c(C)c1CCC(=O)C1CCN(Cc2ccccc2)CC1. The molecule has 4 aromatic rings. The van der Waals surface area contributed by atoms with E-state index in [1.54, 1.807) is 4.52 Å². The number of benzene rings is 1. The highest BCUT2D eigenvalue weighted by atomic mass is 16.1. The van der Waals surface area contributed by atoms with Crippen LogP contribution in [0.15, 0.2) is 42.5 Å². The van der Waals surface area contributed by atoms with Crippen molar-refractivity contribution in [2.75, 3.05) is 13.1 Å². The second-order valence-electron chi connectivity index (χ2n) is 9.27. The molecule has 1 aromatic carbocycles. The molecule has 0 saturated carbocycles. The normalized spacial score (nSPS) is 15.3. The molecule has 3 aromatic heterocycles. The molecule has 1 aliphatic heterocycles. The third kappa shape index (κ3) is 4.50. The Kier molecular flexibility index (Phi) is 6.24. The fraction of sp³-hybridized carbons (Fsp3) is 0.423. The van der Waals surface area contributed by atoms with Crippen molar-refractivity contribution in [3.05, 3.63) is 70.8 Å². The van der Waals surface area contributed by atoms with Crippen LogP contribution in [-0.4, -0.2) is 53.4 Å². The van der Waals surface area contributed by atoms with E-state index in [9.17, 15) is 4.79 Å². The van der Waals surface area contributed by atoms with Crippen molar-refractivity contribution in [3.63, 3.8) is 0 Å². The van der Waals surface area contributed by atoms with Gasteiger partial charge in [0, 0.05) is 24.6 Å². The van der Waals surface area contributed by atoms with Crippen LogP contribution < -0.4 is 0 Å². The van der Waals surface area contributed by atoms with E-state index in [0.29, 0.717) is 24.3 Å². The van der Waals surface area contributed by atoms with Gasteiger partial charge in [-0.15, -0.1) is 15.3 Å². The number of carbonyl (C=O) groups excluding carboxylic acids is 1. The van der Waals surface area contributed by atoms with Crippen molar-refractivity contribution < 1.29 is 4.79 Å². The van der Waals surface area contributed by atoms with E-state index in [0.717, 1.165) is 61.1 Å². The molecular formula is C26H31N7O. The summed E-state index contributed by atoms with van der Waals surface area (Å²) in [5.74, 6) is 2.01. The number of hydrogen-bond donors (Lipinski definition) is 0. The molecule has 0 radical (unpaired) electrons. The summed E-state index contributed by atoms with van der Waals surface area (Å²) in [6.45, 7) is 8.87. The predicted molar refractivity (Wildman–Crippen MR) is 130 cm³/mol. The van der Waals surface area contributed by atoms with Crippen LogP contribution in [-0.2, 0) is 17.8 Å². The third-order valence-corrected chi connectivity index (χ3v) is 6.98. The highest BCUT2D eigenvalue weighted by Gasteiger charge is 2.25. The van der Waals surface area contributed by atoms with Gasteiger partial charge in [0.2, 0.25) is 0 Å². The first-order valence-electron chi connectivity index (χ1n) is 12.0. The Morgan fingerprint density at radius 1 is 0.971 bits per heavy atom. The number of fused-ring (bicyclic) bond motifs is 1. The summed E-state index contributed by atoms with van der Waals surface area (Å²) < 4.78 is 3.58. The lowest BCUT2D eigenvalue weighted by Gasteiger charge is -2.31. The fourth-order valence-corrected chi connectivity index (χ4v) is 4.97. The average molecular weight is 458 g/mol. The number of aromatic nitrogens is 6. The molecule has 0 bridgehead atoms. The highest BCUT2D eigenvalue weighted by molar-refractivity contribution is 5.81. The number of nitrogens with zero attached hydrogens (tertiary/aromatic N) is 7. The Labute approximate surface area is 199 Å². The standard InChI is InChI=1S/C26H31N7O/c1-18-23(19(2)32(29-18)26-12-11-25-28-27-20(3)33(25)30-26)9-10-24(34)22-13-15-31(16-14-22)17-21-7-5-4-6-8-21/h4-8,11-12,22H,9-10,13-17H2,1-3H3. The monoisotopic (exact) mass is 457 g/mol. The first-order valence-corrected chi connectivity index (χ1v) is 12.0. The average Bonchev–Trinajstić information content (AvgIpc) is 3.37. The van der Waals surface area contributed by atoms with Gasteiger partial charge in [0.05, 0.1) is 5.69 Å². The second kappa shape index (κ2) is 9.46. The molecule has 8 heteroatoms. The Balaban J connectivity index is 1.20. The molecule has 176 valence electrons. The summed E-state index contributed by atoms with van der Waals surface area (Å²) in [5, 5.41) is 17.5. The van der Waals surface area contributed by atoms with E-state index in [1.165, 1.54) is 5.56 Å². The van der Waals surface area contributed by atoms with Crippen molar-refractivity contribution in [3.8, 4) is 5.82 Å². The molecule has 5 rings (SSSR count). The summed E-state index contributed by atoms with van der Waals surface area (Å²) in [6.07, 6.45) is 3.18. The van der Waals surface area contributed by atoms with Gasteiger partial charge in [0.1, 0.15) is 5.78 Å². The van der Waals surface area contributed by atoms with Crippen LogP contribution in [0.3, 0.4) is 0 Å². The molecule has 1 saturated heterocycles. The summed E-state index contributed by atoms with van der Waals surface area (Å²) >= 11 is 0. The van der Waals surface area contributed by atoms with Gasteiger partial charge in [-0.05, 0) is 76.4 Å². The molecule has 4 heterocycles. The van der Waals surface area contributed by atoms with Crippen LogP contribution in [0.5, 0.6) is 0 Å². The zero-order valence-electron chi connectivity index (χ0n) is 20.1. The number of ketones is 1. The summed E-state index contributed by atoms with van der Waals surface area (Å²) in [7, 11) is 0. The van der Waals surface area contributed by atoms with Gasteiger partial charge >= 0.3 is 0 Å². The lowest BCUT2D eigenvalue weighted by atomic mass is 9.89. The largest absolute Gasteiger partial charge is 0.299 e.